The fourth-order valence-corrected chi connectivity index (χ4v) is 1.24. The van der Waals surface area contributed by atoms with Crippen LogP contribution in [0.5, 0.6) is 0 Å². The Balaban J connectivity index is 2.28. The van der Waals surface area contributed by atoms with Crippen LogP contribution in [0.15, 0.2) is 18.2 Å². The van der Waals surface area contributed by atoms with Crippen molar-refractivity contribution in [3.63, 3.8) is 0 Å². The van der Waals surface area contributed by atoms with E-state index in [0.29, 0.717) is 0 Å². The smallest absolute Gasteiger partial charge is 0.0469 e. The number of hydrogen-bond acceptors (Lipinski definition) is 2. The van der Waals surface area contributed by atoms with Crippen LogP contribution in [-0.2, 0) is 11.2 Å². The van der Waals surface area contributed by atoms with Gasteiger partial charge in [-0.15, -0.1) is 0 Å². The Morgan fingerprint density at radius 1 is 1.38 bits per heavy atom. The highest BCUT2D eigenvalue weighted by Gasteiger charge is 1.94. The first-order valence-electron chi connectivity index (χ1n) is 4.83. The molecule has 0 saturated heterocycles. The maximum atomic E-state index is 5.26. The van der Waals surface area contributed by atoms with Crippen LogP contribution in [0.25, 0.3) is 0 Å². The Morgan fingerprint density at radius 2 is 2.23 bits per heavy atom. The van der Waals surface area contributed by atoms with E-state index < -0.39 is 0 Å². The second kappa shape index (κ2) is 5.70. The first kappa shape index (κ1) is 10.2. The van der Waals surface area contributed by atoms with Crippen LogP contribution < -0.4 is 0 Å². The number of aryl methyl sites for hydroxylation is 2. The fraction of sp³-hybridized carbons (Fsp3) is 0.545. The monoisotopic (exact) mass is 179 g/mol. The lowest BCUT2D eigenvalue weighted by atomic mass is 10.2. The standard InChI is InChI=1S/C11H17NO/c1-3-13-9-5-8-11-7-4-6-10(2)12-11/h4,6-7H,3,5,8-9H2,1-2H3. The lowest BCUT2D eigenvalue weighted by molar-refractivity contribution is 0.145. The predicted molar refractivity (Wildman–Crippen MR) is 53.8 cm³/mol. The minimum absolute atomic E-state index is 0.807. The minimum atomic E-state index is 0.807. The first-order valence-corrected chi connectivity index (χ1v) is 4.83. The molecule has 72 valence electrons. The molecule has 0 bridgehead atoms. The Hall–Kier alpha value is -0.890. The van der Waals surface area contributed by atoms with Gasteiger partial charge >= 0.3 is 0 Å². The molecular weight excluding hydrogens is 162 g/mol. The van der Waals surface area contributed by atoms with Gasteiger partial charge in [-0.2, -0.15) is 0 Å². The summed E-state index contributed by atoms with van der Waals surface area (Å²) >= 11 is 0. The summed E-state index contributed by atoms with van der Waals surface area (Å²) in [5, 5.41) is 0. The molecule has 0 aromatic carbocycles. The molecule has 0 aliphatic carbocycles. The van der Waals surface area contributed by atoms with E-state index in [0.717, 1.165) is 31.7 Å². The van der Waals surface area contributed by atoms with Crippen molar-refractivity contribution in [2.24, 2.45) is 0 Å². The van der Waals surface area contributed by atoms with Gasteiger partial charge < -0.3 is 4.74 Å². The molecule has 0 radical (unpaired) electrons. The Kier molecular flexibility index (Phi) is 4.47. The molecule has 1 rings (SSSR count). The Morgan fingerprint density at radius 3 is 2.92 bits per heavy atom. The van der Waals surface area contributed by atoms with Gasteiger partial charge in [0.05, 0.1) is 0 Å². The molecule has 1 aromatic rings. The fourth-order valence-electron chi connectivity index (χ4n) is 1.24. The summed E-state index contributed by atoms with van der Waals surface area (Å²) in [5.41, 5.74) is 2.26. The molecule has 13 heavy (non-hydrogen) atoms. The summed E-state index contributed by atoms with van der Waals surface area (Å²) in [6.07, 6.45) is 2.08. The van der Waals surface area contributed by atoms with Gasteiger partial charge in [-0.1, -0.05) is 6.07 Å². The first-order chi connectivity index (χ1) is 6.33. The highest BCUT2D eigenvalue weighted by Crippen LogP contribution is 2.01. The Bertz CT molecular complexity index is 248. The van der Waals surface area contributed by atoms with Gasteiger partial charge in [-0.3, -0.25) is 4.98 Å². The van der Waals surface area contributed by atoms with E-state index in [1.807, 2.05) is 19.9 Å². The molecule has 2 nitrogen and oxygen atoms in total. The molecule has 0 N–H and O–H groups in total. The lowest BCUT2D eigenvalue weighted by Gasteiger charge is -2.01. The molecule has 1 aromatic heterocycles. The largest absolute Gasteiger partial charge is 0.382 e. The van der Waals surface area contributed by atoms with Crippen molar-refractivity contribution in [2.45, 2.75) is 26.7 Å². The van der Waals surface area contributed by atoms with Crippen LogP contribution in [0.2, 0.25) is 0 Å². The molecule has 2 heteroatoms. The van der Waals surface area contributed by atoms with E-state index in [9.17, 15) is 0 Å². The number of rotatable bonds is 5. The summed E-state index contributed by atoms with van der Waals surface area (Å²) in [5.74, 6) is 0. The highest BCUT2D eigenvalue weighted by molar-refractivity contribution is 5.09. The predicted octanol–water partition coefficient (Wildman–Crippen LogP) is 2.36. The number of pyridine rings is 1. The summed E-state index contributed by atoms with van der Waals surface area (Å²) < 4.78 is 5.26. The van der Waals surface area contributed by atoms with Gasteiger partial charge in [0.15, 0.2) is 0 Å². The number of aromatic nitrogens is 1. The van der Waals surface area contributed by atoms with Crippen molar-refractivity contribution in [3.8, 4) is 0 Å². The van der Waals surface area contributed by atoms with E-state index in [2.05, 4.69) is 17.1 Å². The average Bonchev–Trinajstić information content (AvgIpc) is 2.13. The van der Waals surface area contributed by atoms with Crippen LogP contribution >= 0.6 is 0 Å². The van der Waals surface area contributed by atoms with Gasteiger partial charge in [0.1, 0.15) is 0 Å². The molecule has 0 aliphatic rings. The molecule has 0 saturated carbocycles. The molecular formula is C11H17NO. The molecule has 0 fully saturated rings. The zero-order valence-electron chi connectivity index (χ0n) is 8.42. The molecule has 0 aliphatic heterocycles. The van der Waals surface area contributed by atoms with E-state index in [4.69, 9.17) is 4.74 Å². The lowest BCUT2D eigenvalue weighted by Crippen LogP contribution is -1.98. The SMILES string of the molecule is CCOCCCc1cccc(C)n1. The molecule has 1 heterocycles. The van der Waals surface area contributed by atoms with Crippen molar-refractivity contribution in [1.82, 2.24) is 4.98 Å². The summed E-state index contributed by atoms with van der Waals surface area (Å²) in [6, 6.07) is 6.14. The van der Waals surface area contributed by atoms with Crippen LogP contribution in [0.4, 0.5) is 0 Å². The summed E-state index contributed by atoms with van der Waals surface area (Å²) in [6.45, 7) is 5.68. The van der Waals surface area contributed by atoms with Crippen molar-refractivity contribution < 1.29 is 4.74 Å². The third-order valence-corrected chi connectivity index (χ3v) is 1.87. The highest BCUT2D eigenvalue weighted by atomic mass is 16.5. The third kappa shape index (κ3) is 4.04. The van der Waals surface area contributed by atoms with Gasteiger partial charge in [-0.25, -0.2) is 0 Å². The van der Waals surface area contributed by atoms with Crippen molar-refractivity contribution in [1.29, 1.82) is 0 Å². The minimum Gasteiger partial charge on any atom is -0.382 e. The Labute approximate surface area is 80.0 Å². The molecule has 0 amide bonds. The van der Waals surface area contributed by atoms with Gasteiger partial charge in [-0.05, 0) is 38.8 Å². The van der Waals surface area contributed by atoms with E-state index in [1.165, 1.54) is 5.69 Å². The number of ether oxygens (including phenoxy) is 1. The topological polar surface area (TPSA) is 22.1 Å². The van der Waals surface area contributed by atoms with E-state index in [-0.39, 0.29) is 0 Å². The number of nitrogens with zero attached hydrogens (tertiary/aromatic N) is 1. The molecule has 0 unspecified atom stereocenters. The zero-order valence-corrected chi connectivity index (χ0v) is 8.42. The second-order valence-corrected chi connectivity index (χ2v) is 3.07. The number of hydrogen-bond donors (Lipinski definition) is 0. The normalized spacial score (nSPS) is 10.3. The van der Waals surface area contributed by atoms with Crippen LogP contribution in [0, 0.1) is 6.92 Å². The second-order valence-electron chi connectivity index (χ2n) is 3.07. The summed E-state index contributed by atoms with van der Waals surface area (Å²) in [7, 11) is 0. The van der Waals surface area contributed by atoms with Crippen LogP contribution in [0.1, 0.15) is 24.7 Å². The van der Waals surface area contributed by atoms with Gasteiger partial charge in [0.2, 0.25) is 0 Å². The van der Waals surface area contributed by atoms with Crippen LogP contribution in [-0.4, -0.2) is 18.2 Å². The zero-order chi connectivity index (χ0) is 9.52. The maximum absolute atomic E-state index is 5.26. The molecule has 0 spiro atoms. The van der Waals surface area contributed by atoms with E-state index in [1.54, 1.807) is 0 Å². The molecule has 0 atom stereocenters. The van der Waals surface area contributed by atoms with Crippen LogP contribution in [0.3, 0.4) is 0 Å². The van der Waals surface area contributed by atoms with Crippen molar-refractivity contribution >= 4 is 0 Å². The van der Waals surface area contributed by atoms with Gasteiger partial charge in [0.25, 0.3) is 0 Å². The average molecular weight is 179 g/mol. The maximum Gasteiger partial charge on any atom is 0.0469 e. The van der Waals surface area contributed by atoms with Gasteiger partial charge in [0, 0.05) is 24.6 Å². The van der Waals surface area contributed by atoms with Crippen molar-refractivity contribution in [2.75, 3.05) is 13.2 Å². The van der Waals surface area contributed by atoms with E-state index >= 15 is 0 Å². The quantitative estimate of drug-likeness (QED) is 0.647. The summed E-state index contributed by atoms with van der Waals surface area (Å²) in [4.78, 5) is 4.42. The third-order valence-electron chi connectivity index (χ3n) is 1.87. The van der Waals surface area contributed by atoms with Crippen molar-refractivity contribution in [3.05, 3.63) is 29.6 Å².